The smallest absolute Gasteiger partial charge is 0.0235 e. The second-order valence-corrected chi connectivity index (χ2v) is 4.35. The third-order valence-corrected chi connectivity index (χ3v) is 2.82. The first-order valence-corrected chi connectivity index (χ1v) is 6.10. The van der Waals surface area contributed by atoms with Crippen LogP contribution in [0.2, 0.25) is 0 Å². The number of hydrogen-bond donors (Lipinski definition) is 1. The third kappa shape index (κ3) is 4.67. The maximum absolute atomic E-state index is 5.60. The molecule has 0 heterocycles. The van der Waals surface area contributed by atoms with E-state index in [0.717, 1.165) is 31.8 Å². The normalized spacial score (nSPS) is 10.6. The van der Waals surface area contributed by atoms with Crippen LogP contribution in [-0.4, -0.2) is 19.0 Å². The number of rotatable bonds is 6. The lowest BCUT2D eigenvalue weighted by molar-refractivity contribution is 0.672. The van der Waals surface area contributed by atoms with Crippen molar-refractivity contribution in [3.63, 3.8) is 0 Å². The van der Waals surface area contributed by atoms with Gasteiger partial charge in [0, 0.05) is 5.88 Å². The lowest BCUT2D eigenvalue weighted by atomic mass is 10.0. The first-order valence-electron chi connectivity index (χ1n) is 5.57. The Kier molecular flexibility index (Phi) is 5.74. The molecule has 84 valence electrons. The van der Waals surface area contributed by atoms with Gasteiger partial charge in [-0.25, -0.2) is 0 Å². The molecule has 1 aromatic rings. The van der Waals surface area contributed by atoms with Crippen LogP contribution in [-0.2, 0) is 6.42 Å². The molecule has 0 atom stereocenters. The van der Waals surface area contributed by atoms with Crippen molar-refractivity contribution in [1.82, 2.24) is 5.32 Å². The van der Waals surface area contributed by atoms with E-state index in [2.05, 4.69) is 37.4 Å². The van der Waals surface area contributed by atoms with Crippen LogP contribution in [0, 0.1) is 13.8 Å². The molecule has 2 heteroatoms. The Labute approximate surface area is 97.8 Å². The van der Waals surface area contributed by atoms with Crippen molar-refractivity contribution in [3.8, 4) is 0 Å². The Morgan fingerprint density at radius 1 is 1.20 bits per heavy atom. The molecule has 0 aliphatic carbocycles. The molecule has 0 saturated heterocycles. The maximum atomic E-state index is 5.60. The Morgan fingerprint density at radius 3 is 2.67 bits per heavy atom. The first-order chi connectivity index (χ1) is 7.24. The number of nitrogens with one attached hydrogen (secondary N) is 1. The largest absolute Gasteiger partial charge is 0.316 e. The van der Waals surface area contributed by atoms with Crippen molar-refractivity contribution < 1.29 is 0 Å². The molecule has 1 rings (SSSR count). The van der Waals surface area contributed by atoms with E-state index in [1.165, 1.54) is 16.7 Å². The highest BCUT2D eigenvalue weighted by Crippen LogP contribution is 2.10. The zero-order valence-electron chi connectivity index (χ0n) is 9.65. The third-order valence-electron chi connectivity index (χ3n) is 2.56. The van der Waals surface area contributed by atoms with Crippen LogP contribution in [0.4, 0.5) is 0 Å². The van der Waals surface area contributed by atoms with Gasteiger partial charge in [-0.15, -0.1) is 11.6 Å². The minimum atomic E-state index is 0.747. The molecular formula is C13H20ClN. The standard InChI is InChI=1S/C13H20ClN/c1-11-4-5-13(12(2)10-11)6-9-15-8-3-7-14/h4-5,10,15H,3,6-9H2,1-2H3. The Balaban J connectivity index is 2.31. The number of benzene rings is 1. The molecule has 0 aliphatic heterocycles. The fourth-order valence-electron chi connectivity index (χ4n) is 1.67. The SMILES string of the molecule is Cc1ccc(CCNCCCCl)c(C)c1. The van der Waals surface area contributed by atoms with E-state index in [1.807, 2.05) is 0 Å². The van der Waals surface area contributed by atoms with Gasteiger partial charge in [-0.05, 0) is 50.9 Å². The van der Waals surface area contributed by atoms with Crippen molar-refractivity contribution in [1.29, 1.82) is 0 Å². The van der Waals surface area contributed by atoms with Crippen LogP contribution < -0.4 is 5.32 Å². The Bertz CT molecular complexity index is 297. The van der Waals surface area contributed by atoms with E-state index >= 15 is 0 Å². The lowest BCUT2D eigenvalue weighted by Crippen LogP contribution is -2.19. The molecular weight excluding hydrogens is 206 g/mol. The average molecular weight is 226 g/mol. The predicted molar refractivity (Wildman–Crippen MR) is 67.8 cm³/mol. The molecule has 0 radical (unpaired) electrons. The number of halogens is 1. The summed E-state index contributed by atoms with van der Waals surface area (Å²) in [6, 6.07) is 6.66. The molecule has 0 fully saturated rings. The summed E-state index contributed by atoms with van der Waals surface area (Å²) in [6.07, 6.45) is 2.16. The monoisotopic (exact) mass is 225 g/mol. The summed E-state index contributed by atoms with van der Waals surface area (Å²) in [5.74, 6) is 0.747. The van der Waals surface area contributed by atoms with Crippen LogP contribution in [0.3, 0.4) is 0 Å². The van der Waals surface area contributed by atoms with E-state index in [9.17, 15) is 0 Å². The summed E-state index contributed by atoms with van der Waals surface area (Å²) >= 11 is 5.60. The van der Waals surface area contributed by atoms with Gasteiger partial charge in [0.05, 0.1) is 0 Å². The van der Waals surface area contributed by atoms with Crippen LogP contribution >= 0.6 is 11.6 Å². The van der Waals surface area contributed by atoms with Crippen molar-refractivity contribution in [2.24, 2.45) is 0 Å². The van der Waals surface area contributed by atoms with Gasteiger partial charge in [-0.1, -0.05) is 23.8 Å². The molecule has 0 bridgehead atoms. The molecule has 0 aliphatic rings. The summed E-state index contributed by atoms with van der Waals surface area (Å²) in [4.78, 5) is 0. The van der Waals surface area contributed by atoms with Gasteiger partial charge in [0.15, 0.2) is 0 Å². The molecule has 1 nitrogen and oxygen atoms in total. The Hall–Kier alpha value is -0.530. The molecule has 0 aromatic heterocycles. The van der Waals surface area contributed by atoms with E-state index in [-0.39, 0.29) is 0 Å². The van der Waals surface area contributed by atoms with E-state index in [1.54, 1.807) is 0 Å². The van der Waals surface area contributed by atoms with Crippen LogP contribution in [0.25, 0.3) is 0 Å². The number of alkyl halides is 1. The van der Waals surface area contributed by atoms with E-state index in [4.69, 9.17) is 11.6 Å². The van der Waals surface area contributed by atoms with Gasteiger partial charge < -0.3 is 5.32 Å². The molecule has 15 heavy (non-hydrogen) atoms. The summed E-state index contributed by atoms with van der Waals surface area (Å²) in [6.45, 7) is 6.38. The fraction of sp³-hybridized carbons (Fsp3) is 0.538. The molecule has 0 unspecified atom stereocenters. The van der Waals surface area contributed by atoms with Crippen LogP contribution in [0.5, 0.6) is 0 Å². The van der Waals surface area contributed by atoms with Crippen molar-refractivity contribution in [2.75, 3.05) is 19.0 Å². The van der Waals surface area contributed by atoms with Gasteiger partial charge in [-0.3, -0.25) is 0 Å². The molecule has 1 aromatic carbocycles. The highest BCUT2D eigenvalue weighted by molar-refractivity contribution is 6.17. The quantitative estimate of drug-likeness (QED) is 0.580. The Morgan fingerprint density at radius 2 is 2.00 bits per heavy atom. The first kappa shape index (κ1) is 12.5. The van der Waals surface area contributed by atoms with Gasteiger partial charge in [0.25, 0.3) is 0 Å². The highest BCUT2D eigenvalue weighted by atomic mass is 35.5. The van der Waals surface area contributed by atoms with Crippen molar-refractivity contribution in [3.05, 3.63) is 34.9 Å². The van der Waals surface area contributed by atoms with E-state index in [0.29, 0.717) is 0 Å². The van der Waals surface area contributed by atoms with Gasteiger partial charge in [-0.2, -0.15) is 0 Å². The highest BCUT2D eigenvalue weighted by Gasteiger charge is 1.97. The number of hydrogen-bond acceptors (Lipinski definition) is 1. The second-order valence-electron chi connectivity index (χ2n) is 3.97. The summed E-state index contributed by atoms with van der Waals surface area (Å²) in [5, 5.41) is 3.39. The maximum Gasteiger partial charge on any atom is 0.0235 e. The molecule has 0 saturated carbocycles. The minimum absolute atomic E-state index is 0.747. The van der Waals surface area contributed by atoms with Crippen LogP contribution in [0.1, 0.15) is 23.1 Å². The molecule has 1 N–H and O–H groups in total. The fourth-order valence-corrected chi connectivity index (χ4v) is 1.80. The van der Waals surface area contributed by atoms with Gasteiger partial charge >= 0.3 is 0 Å². The lowest BCUT2D eigenvalue weighted by Gasteiger charge is -2.07. The zero-order valence-corrected chi connectivity index (χ0v) is 10.4. The topological polar surface area (TPSA) is 12.0 Å². The van der Waals surface area contributed by atoms with Gasteiger partial charge in [0.1, 0.15) is 0 Å². The number of aryl methyl sites for hydroxylation is 2. The van der Waals surface area contributed by atoms with Gasteiger partial charge in [0.2, 0.25) is 0 Å². The summed E-state index contributed by atoms with van der Waals surface area (Å²) in [7, 11) is 0. The summed E-state index contributed by atoms with van der Waals surface area (Å²) < 4.78 is 0. The van der Waals surface area contributed by atoms with Crippen molar-refractivity contribution >= 4 is 11.6 Å². The molecule has 0 spiro atoms. The zero-order chi connectivity index (χ0) is 11.1. The molecule has 0 amide bonds. The summed E-state index contributed by atoms with van der Waals surface area (Å²) in [5.41, 5.74) is 4.18. The predicted octanol–water partition coefficient (Wildman–Crippen LogP) is 3.06. The van der Waals surface area contributed by atoms with Crippen molar-refractivity contribution in [2.45, 2.75) is 26.7 Å². The van der Waals surface area contributed by atoms with E-state index < -0.39 is 0 Å². The average Bonchev–Trinajstić information content (AvgIpc) is 2.20. The second kappa shape index (κ2) is 6.86. The van der Waals surface area contributed by atoms with Crippen LogP contribution in [0.15, 0.2) is 18.2 Å². The minimum Gasteiger partial charge on any atom is -0.316 e.